The number of hydrogen-bond donors (Lipinski definition) is 0. The lowest BCUT2D eigenvalue weighted by molar-refractivity contribution is -0.0419. The average molecular weight is 296 g/mol. The largest absolute Gasteiger partial charge is 0.370 e. The minimum Gasteiger partial charge on any atom is -0.370 e. The maximum Gasteiger partial charge on any atom is 0.112 e. The van der Waals surface area contributed by atoms with Crippen LogP contribution in [-0.4, -0.2) is 25.4 Å². The van der Waals surface area contributed by atoms with Gasteiger partial charge in [-0.2, -0.15) is 0 Å². The number of ether oxygens (including phenoxy) is 3. The molecule has 0 radical (unpaired) electrons. The van der Waals surface area contributed by atoms with Gasteiger partial charge in [0.05, 0.1) is 13.2 Å². The Morgan fingerprint density at radius 2 is 1.32 bits per heavy atom. The average Bonchev–Trinajstić information content (AvgIpc) is 3.44. The normalized spacial score (nSPS) is 25.5. The van der Waals surface area contributed by atoms with Crippen LogP contribution in [0, 0.1) is 6.92 Å². The van der Waals surface area contributed by atoms with E-state index in [4.69, 9.17) is 14.2 Å². The molecule has 4 unspecified atom stereocenters. The molecule has 2 aliphatic heterocycles. The van der Waals surface area contributed by atoms with E-state index < -0.39 is 0 Å². The van der Waals surface area contributed by atoms with Gasteiger partial charge in [0, 0.05) is 0 Å². The number of benzene rings is 2. The van der Waals surface area contributed by atoms with E-state index in [2.05, 4.69) is 43.3 Å². The van der Waals surface area contributed by atoms with Crippen LogP contribution in [0.1, 0.15) is 28.9 Å². The van der Waals surface area contributed by atoms with Crippen molar-refractivity contribution in [3.63, 3.8) is 0 Å². The smallest absolute Gasteiger partial charge is 0.112 e. The fraction of sp³-hybridized carbons (Fsp3) is 0.368. The Bertz CT molecular complexity index is 615. The molecule has 0 amide bonds. The Balaban J connectivity index is 1.58. The summed E-state index contributed by atoms with van der Waals surface area (Å²) in [4.78, 5) is 0. The molecule has 2 fully saturated rings. The summed E-state index contributed by atoms with van der Waals surface area (Å²) in [6.07, 6.45) is 0.258. The van der Waals surface area contributed by atoms with Crippen LogP contribution >= 0.6 is 0 Å². The molecule has 114 valence electrons. The summed E-state index contributed by atoms with van der Waals surface area (Å²) < 4.78 is 17.5. The first-order valence-corrected chi connectivity index (χ1v) is 7.81. The lowest BCUT2D eigenvalue weighted by Gasteiger charge is -2.23. The molecule has 2 heterocycles. The predicted molar refractivity (Wildman–Crippen MR) is 83.7 cm³/mol. The number of aryl methyl sites for hydroxylation is 1. The zero-order valence-electron chi connectivity index (χ0n) is 12.6. The lowest BCUT2D eigenvalue weighted by Crippen LogP contribution is -2.19. The summed E-state index contributed by atoms with van der Waals surface area (Å²) in [6.45, 7) is 3.63. The molecule has 2 aliphatic rings. The number of epoxide rings is 2. The Morgan fingerprint density at radius 3 is 1.82 bits per heavy atom. The van der Waals surface area contributed by atoms with Gasteiger partial charge in [0.2, 0.25) is 0 Å². The van der Waals surface area contributed by atoms with Gasteiger partial charge in [-0.15, -0.1) is 0 Å². The molecule has 0 aliphatic carbocycles. The molecular weight excluding hydrogens is 276 g/mol. The van der Waals surface area contributed by atoms with E-state index in [9.17, 15) is 0 Å². The van der Waals surface area contributed by atoms with E-state index in [1.165, 1.54) is 16.7 Å². The van der Waals surface area contributed by atoms with Crippen molar-refractivity contribution in [2.24, 2.45) is 0 Å². The highest BCUT2D eigenvalue weighted by molar-refractivity contribution is 5.26. The van der Waals surface area contributed by atoms with Crippen LogP contribution in [0.3, 0.4) is 0 Å². The zero-order valence-corrected chi connectivity index (χ0v) is 12.6. The molecule has 4 atom stereocenters. The van der Waals surface area contributed by atoms with E-state index in [0.29, 0.717) is 0 Å². The van der Waals surface area contributed by atoms with Crippen molar-refractivity contribution in [3.05, 3.63) is 71.3 Å². The third-order valence-corrected chi connectivity index (χ3v) is 4.22. The quantitative estimate of drug-likeness (QED) is 0.764. The third kappa shape index (κ3) is 3.07. The summed E-state index contributed by atoms with van der Waals surface area (Å²) >= 11 is 0. The third-order valence-electron chi connectivity index (χ3n) is 4.22. The Kier molecular flexibility index (Phi) is 3.70. The van der Waals surface area contributed by atoms with E-state index >= 15 is 0 Å². The fourth-order valence-corrected chi connectivity index (χ4v) is 2.78. The zero-order chi connectivity index (χ0) is 14.9. The summed E-state index contributed by atoms with van der Waals surface area (Å²) in [5, 5.41) is 0. The first-order valence-electron chi connectivity index (χ1n) is 7.81. The van der Waals surface area contributed by atoms with Crippen molar-refractivity contribution in [2.45, 2.75) is 31.3 Å². The summed E-state index contributed by atoms with van der Waals surface area (Å²) in [7, 11) is 0. The van der Waals surface area contributed by atoms with Crippen LogP contribution in [0.2, 0.25) is 0 Å². The van der Waals surface area contributed by atoms with Crippen molar-refractivity contribution in [1.82, 2.24) is 0 Å². The van der Waals surface area contributed by atoms with E-state index in [1.807, 2.05) is 18.2 Å². The molecule has 2 aromatic rings. The summed E-state index contributed by atoms with van der Waals surface area (Å²) in [6, 6.07) is 18.8. The number of hydrogen-bond acceptors (Lipinski definition) is 3. The van der Waals surface area contributed by atoms with Crippen molar-refractivity contribution in [3.8, 4) is 0 Å². The van der Waals surface area contributed by atoms with Gasteiger partial charge in [-0.05, 0) is 18.1 Å². The topological polar surface area (TPSA) is 34.3 Å². The Labute approximate surface area is 130 Å². The van der Waals surface area contributed by atoms with Crippen LogP contribution in [0.5, 0.6) is 0 Å². The molecule has 0 bridgehead atoms. The summed E-state index contributed by atoms with van der Waals surface area (Å²) in [5.41, 5.74) is 3.60. The van der Waals surface area contributed by atoms with Gasteiger partial charge in [-0.3, -0.25) is 0 Å². The van der Waals surface area contributed by atoms with Crippen molar-refractivity contribution >= 4 is 0 Å². The highest BCUT2D eigenvalue weighted by Gasteiger charge is 2.41. The Hall–Kier alpha value is -1.68. The SMILES string of the molecule is Cc1ccc(C(OC(c2ccccc2)C2CO2)C2CO2)cc1. The van der Waals surface area contributed by atoms with Gasteiger partial charge in [0.1, 0.15) is 24.4 Å². The van der Waals surface area contributed by atoms with Gasteiger partial charge < -0.3 is 14.2 Å². The van der Waals surface area contributed by atoms with Crippen LogP contribution in [0.15, 0.2) is 54.6 Å². The molecule has 0 aromatic heterocycles. The van der Waals surface area contributed by atoms with Crippen molar-refractivity contribution in [2.75, 3.05) is 13.2 Å². The second-order valence-corrected chi connectivity index (χ2v) is 6.04. The summed E-state index contributed by atoms with van der Waals surface area (Å²) in [5.74, 6) is 0. The molecule has 2 saturated heterocycles. The monoisotopic (exact) mass is 296 g/mol. The highest BCUT2D eigenvalue weighted by Crippen LogP contribution is 2.40. The molecule has 2 aromatic carbocycles. The van der Waals surface area contributed by atoms with Crippen LogP contribution in [0.4, 0.5) is 0 Å². The molecule has 0 spiro atoms. The molecular formula is C19H20O3. The van der Waals surface area contributed by atoms with Crippen LogP contribution < -0.4 is 0 Å². The molecule has 22 heavy (non-hydrogen) atoms. The van der Waals surface area contributed by atoms with E-state index in [1.54, 1.807) is 0 Å². The first kappa shape index (κ1) is 13.9. The van der Waals surface area contributed by atoms with Crippen LogP contribution in [0.25, 0.3) is 0 Å². The highest BCUT2D eigenvalue weighted by atomic mass is 16.6. The van der Waals surface area contributed by atoms with Crippen molar-refractivity contribution in [1.29, 1.82) is 0 Å². The molecule has 0 N–H and O–H groups in total. The maximum atomic E-state index is 6.46. The Morgan fingerprint density at radius 1 is 0.818 bits per heavy atom. The van der Waals surface area contributed by atoms with Gasteiger partial charge in [-0.1, -0.05) is 60.2 Å². The second-order valence-electron chi connectivity index (χ2n) is 6.04. The fourth-order valence-electron chi connectivity index (χ4n) is 2.78. The molecule has 3 nitrogen and oxygen atoms in total. The molecule has 3 heteroatoms. The minimum atomic E-state index is -0.0324. The van der Waals surface area contributed by atoms with E-state index in [0.717, 1.165) is 13.2 Å². The van der Waals surface area contributed by atoms with Gasteiger partial charge >= 0.3 is 0 Å². The van der Waals surface area contributed by atoms with Gasteiger partial charge in [-0.25, -0.2) is 0 Å². The minimum absolute atomic E-state index is 0.0308. The van der Waals surface area contributed by atoms with Gasteiger partial charge in [0.25, 0.3) is 0 Å². The molecule has 4 rings (SSSR count). The standard InChI is InChI=1S/C19H20O3/c1-13-7-9-15(10-8-13)19(17-12-21-17)22-18(16-11-20-16)14-5-3-2-4-6-14/h2-10,16-19H,11-12H2,1H3. The second kappa shape index (κ2) is 5.84. The predicted octanol–water partition coefficient (Wildman–Crippen LogP) is 3.59. The maximum absolute atomic E-state index is 6.46. The first-order chi connectivity index (χ1) is 10.8. The molecule has 0 saturated carbocycles. The van der Waals surface area contributed by atoms with Gasteiger partial charge in [0.15, 0.2) is 0 Å². The van der Waals surface area contributed by atoms with Crippen LogP contribution in [-0.2, 0) is 14.2 Å². The lowest BCUT2D eigenvalue weighted by atomic mass is 10.0. The van der Waals surface area contributed by atoms with Crippen molar-refractivity contribution < 1.29 is 14.2 Å². The number of rotatable bonds is 6. The van der Waals surface area contributed by atoms with E-state index in [-0.39, 0.29) is 24.4 Å².